The fraction of sp³-hybridized carbons (Fsp3) is 0.276. The number of furan rings is 1. The molecule has 0 radical (unpaired) electrons. The van der Waals surface area contributed by atoms with Gasteiger partial charge in [-0.25, -0.2) is 0 Å². The van der Waals surface area contributed by atoms with E-state index in [9.17, 15) is 4.79 Å². The van der Waals surface area contributed by atoms with E-state index in [2.05, 4.69) is 10.2 Å². The number of amides is 1. The van der Waals surface area contributed by atoms with Crippen molar-refractivity contribution < 1.29 is 23.4 Å². The first-order valence-electron chi connectivity index (χ1n) is 12.0. The third-order valence-electron chi connectivity index (χ3n) is 6.57. The van der Waals surface area contributed by atoms with Gasteiger partial charge in [0.25, 0.3) is 5.91 Å². The second kappa shape index (κ2) is 10.4. The molecule has 1 saturated heterocycles. The summed E-state index contributed by atoms with van der Waals surface area (Å²) in [6.45, 7) is 4.64. The first kappa shape index (κ1) is 23.9. The monoisotopic (exact) mass is 486 g/mol. The molecule has 1 N–H and O–H groups in total. The summed E-state index contributed by atoms with van der Waals surface area (Å²) in [7, 11) is 3.28. The van der Waals surface area contributed by atoms with Crippen LogP contribution in [0.3, 0.4) is 0 Å². The number of methoxy groups -OCH3 is 2. The molecule has 0 saturated carbocycles. The lowest BCUT2D eigenvalue weighted by Gasteiger charge is -2.34. The van der Waals surface area contributed by atoms with Gasteiger partial charge in [-0.15, -0.1) is 0 Å². The molecule has 7 nitrogen and oxygen atoms in total. The van der Waals surface area contributed by atoms with Crippen molar-refractivity contribution in [1.82, 2.24) is 4.90 Å². The maximum Gasteiger partial charge on any atom is 0.255 e. The van der Waals surface area contributed by atoms with Crippen molar-refractivity contribution in [2.24, 2.45) is 0 Å². The molecular weight excluding hydrogens is 456 g/mol. The first-order valence-corrected chi connectivity index (χ1v) is 12.0. The number of anilines is 1. The average molecular weight is 487 g/mol. The molecule has 1 aliphatic rings. The van der Waals surface area contributed by atoms with E-state index in [1.54, 1.807) is 14.2 Å². The Bertz CT molecular complexity index is 1360. The van der Waals surface area contributed by atoms with Gasteiger partial charge in [-0.3, -0.25) is 9.69 Å². The van der Waals surface area contributed by atoms with Gasteiger partial charge < -0.3 is 23.9 Å². The Morgan fingerprint density at radius 2 is 1.72 bits per heavy atom. The molecule has 1 fully saturated rings. The highest BCUT2D eigenvalue weighted by atomic mass is 16.5. The van der Waals surface area contributed by atoms with Crippen LogP contribution in [0.2, 0.25) is 0 Å². The molecule has 4 aromatic rings. The minimum absolute atomic E-state index is 0.190. The fourth-order valence-corrected chi connectivity index (χ4v) is 4.66. The second-order valence-corrected chi connectivity index (χ2v) is 8.82. The van der Waals surface area contributed by atoms with Gasteiger partial charge in [-0.2, -0.15) is 0 Å². The largest absolute Gasteiger partial charge is 0.497 e. The summed E-state index contributed by atoms with van der Waals surface area (Å²) in [5, 5.41) is 4.01. The average Bonchev–Trinajstić information content (AvgIpc) is 3.27. The summed E-state index contributed by atoms with van der Waals surface area (Å²) in [5.74, 6) is 1.85. The van der Waals surface area contributed by atoms with E-state index in [4.69, 9.17) is 18.6 Å². The number of nitrogens with one attached hydrogen (secondary N) is 1. The Hall–Kier alpha value is -3.81. The molecule has 36 heavy (non-hydrogen) atoms. The van der Waals surface area contributed by atoms with Crippen molar-refractivity contribution in [3.05, 3.63) is 89.2 Å². The molecule has 0 unspecified atom stereocenters. The Morgan fingerprint density at radius 1 is 0.972 bits per heavy atom. The van der Waals surface area contributed by atoms with Crippen molar-refractivity contribution >= 4 is 22.6 Å². The van der Waals surface area contributed by atoms with Gasteiger partial charge in [0.1, 0.15) is 17.1 Å². The van der Waals surface area contributed by atoms with Crippen LogP contribution in [0, 0.1) is 6.92 Å². The van der Waals surface area contributed by atoms with Gasteiger partial charge >= 0.3 is 0 Å². The number of nitrogens with zero attached hydrogens (tertiary/aromatic N) is 1. The molecule has 1 aliphatic heterocycles. The highest BCUT2D eigenvalue weighted by Gasteiger charge is 2.33. The van der Waals surface area contributed by atoms with E-state index in [-0.39, 0.29) is 11.9 Å². The number of para-hydroxylation sites is 1. The first-order chi connectivity index (χ1) is 17.6. The molecule has 5 rings (SSSR count). The van der Waals surface area contributed by atoms with Crippen LogP contribution in [0.5, 0.6) is 11.5 Å². The SMILES string of the molecule is COc1ccc([C@@H](c2oc3ccccc3c2NC(=O)c2ccc(C)cc2)N2CCOCC2)c(OC)c1. The molecule has 1 atom stereocenters. The number of ether oxygens (including phenoxy) is 3. The number of hydrogen-bond acceptors (Lipinski definition) is 6. The van der Waals surface area contributed by atoms with E-state index in [0.717, 1.165) is 16.5 Å². The van der Waals surface area contributed by atoms with E-state index in [1.165, 1.54) is 0 Å². The normalized spacial score (nSPS) is 15.0. The second-order valence-electron chi connectivity index (χ2n) is 8.82. The van der Waals surface area contributed by atoms with Gasteiger partial charge in [0.2, 0.25) is 0 Å². The molecule has 7 heteroatoms. The van der Waals surface area contributed by atoms with Crippen molar-refractivity contribution in [3.8, 4) is 11.5 Å². The number of carbonyl (C=O) groups is 1. The molecule has 0 bridgehead atoms. The Kier molecular flexibility index (Phi) is 6.93. The van der Waals surface area contributed by atoms with Crippen LogP contribution < -0.4 is 14.8 Å². The number of benzene rings is 3. The van der Waals surface area contributed by atoms with Gasteiger partial charge in [0.05, 0.1) is 39.2 Å². The molecule has 1 aromatic heterocycles. The summed E-state index contributed by atoms with van der Waals surface area (Å²) in [6.07, 6.45) is 0. The smallest absolute Gasteiger partial charge is 0.255 e. The summed E-state index contributed by atoms with van der Waals surface area (Å²) in [5.41, 5.74) is 3.97. The minimum atomic E-state index is -0.310. The van der Waals surface area contributed by atoms with Crippen LogP contribution in [0.15, 0.2) is 71.1 Å². The van der Waals surface area contributed by atoms with Crippen LogP contribution in [0.25, 0.3) is 11.0 Å². The maximum atomic E-state index is 13.3. The number of morpholine rings is 1. The topological polar surface area (TPSA) is 73.2 Å². The van der Waals surface area contributed by atoms with E-state index < -0.39 is 0 Å². The molecular formula is C29H30N2O5. The Morgan fingerprint density at radius 3 is 2.44 bits per heavy atom. The zero-order chi connectivity index (χ0) is 25.1. The standard InChI is InChI=1S/C29H30N2O5/c1-19-8-10-20(11-9-19)29(32)30-26-22-6-4-5-7-24(22)36-28(26)27(31-14-16-35-17-15-31)23-13-12-21(33-2)18-25(23)34-3/h4-13,18,27H,14-17H2,1-3H3,(H,30,32)/t27-/m0/s1. The number of fused-ring (bicyclic) bond motifs is 1. The number of hydrogen-bond donors (Lipinski definition) is 1. The van der Waals surface area contributed by atoms with Gasteiger partial charge in [-0.05, 0) is 43.3 Å². The number of rotatable bonds is 7. The lowest BCUT2D eigenvalue weighted by molar-refractivity contribution is 0.0202. The molecule has 2 heterocycles. The molecule has 186 valence electrons. The summed E-state index contributed by atoms with van der Waals surface area (Å²) in [6, 6.07) is 20.8. The molecule has 3 aromatic carbocycles. The number of carbonyl (C=O) groups excluding carboxylic acids is 1. The molecule has 0 aliphatic carbocycles. The van der Waals surface area contributed by atoms with Crippen molar-refractivity contribution in [1.29, 1.82) is 0 Å². The maximum absolute atomic E-state index is 13.3. The predicted octanol–water partition coefficient (Wildman–Crippen LogP) is 5.43. The Labute approximate surface area is 210 Å². The molecule has 1 amide bonds. The third kappa shape index (κ3) is 4.67. The van der Waals surface area contributed by atoms with Crippen molar-refractivity contribution in [2.75, 3.05) is 45.8 Å². The summed E-state index contributed by atoms with van der Waals surface area (Å²) < 4.78 is 23.4. The van der Waals surface area contributed by atoms with E-state index >= 15 is 0 Å². The summed E-state index contributed by atoms with van der Waals surface area (Å²) in [4.78, 5) is 15.6. The third-order valence-corrected chi connectivity index (χ3v) is 6.57. The molecule has 0 spiro atoms. The number of aryl methyl sites for hydroxylation is 1. The van der Waals surface area contributed by atoms with Crippen LogP contribution in [-0.4, -0.2) is 51.3 Å². The zero-order valence-corrected chi connectivity index (χ0v) is 20.7. The highest BCUT2D eigenvalue weighted by Crippen LogP contribution is 2.44. The van der Waals surface area contributed by atoms with E-state index in [0.29, 0.717) is 60.4 Å². The van der Waals surface area contributed by atoms with Crippen LogP contribution in [-0.2, 0) is 4.74 Å². The van der Waals surface area contributed by atoms with Crippen molar-refractivity contribution in [3.63, 3.8) is 0 Å². The minimum Gasteiger partial charge on any atom is -0.497 e. The Balaban J connectivity index is 1.66. The zero-order valence-electron chi connectivity index (χ0n) is 20.7. The lowest BCUT2D eigenvalue weighted by Crippen LogP contribution is -2.39. The van der Waals surface area contributed by atoms with Crippen LogP contribution in [0.1, 0.15) is 33.3 Å². The fourth-order valence-electron chi connectivity index (χ4n) is 4.66. The quantitative estimate of drug-likeness (QED) is 0.375. The summed E-state index contributed by atoms with van der Waals surface area (Å²) >= 11 is 0. The highest BCUT2D eigenvalue weighted by molar-refractivity contribution is 6.09. The van der Waals surface area contributed by atoms with Gasteiger partial charge in [0.15, 0.2) is 5.76 Å². The van der Waals surface area contributed by atoms with E-state index in [1.807, 2.05) is 73.7 Å². The van der Waals surface area contributed by atoms with Crippen molar-refractivity contribution in [2.45, 2.75) is 13.0 Å². The van der Waals surface area contributed by atoms with Crippen LogP contribution >= 0.6 is 0 Å². The van der Waals surface area contributed by atoms with Gasteiger partial charge in [0, 0.05) is 35.7 Å². The lowest BCUT2D eigenvalue weighted by atomic mass is 9.98. The van der Waals surface area contributed by atoms with Gasteiger partial charge in [-0.1, -0.05) is 29.8 Å². The predicted molar refractivity (Wildman–Crippen MR) is 139 cm³/mol. The van der Waals surface area contributed by atoms with Crippen LogP contribution in [0.4, 0.5) is 5.69 Å².